The van der Waals surface area contributed by atoms with Crippen LogP contribution in [0.1, 0.15) is 30.1 Å². The highest BCUT2D eigenvalue weighted by atomic mass is 19.1. The number of hydrogen-bond donors (Lipinski definition) is 0. The van der Waals surface area contributed by atoms with Crippen LogP contribution in [-0.2, 0) is 0 Å². The van der Waals surface area contributed by atoms with Gasteiger partial charge in [0.05, 0.1) is 5.56 Å². The molecule has 1 atom stereocenters. The molecule has 1 saturated heterocycles. The number of likely N-dealkylation sites (tertiary alicyclic amines) is 1. The molecule has 1 aliphatic rings. The SMILES string of the molecule is CC1CCCN(C(=O)c2ccc(=O)n(-c3ccc(F)cc3)c2)C1. The van der Waals surface area contributed by atoms with Crippen LogP contribution in [0.25, 0.3) is 5.69 Å². The molecule has 0 spiro atoms. The largest absolute Gasteiger partial charge is 0.338 e. The molecule has 1 aromatic heterocycles. The third-order valence-corrected chi connectivity index (χ3v) is 4.21. The van der Waals surface area contributed by atoms with Gasteiger partial charge in [-0.2, -0.15) is 0 Å². The molecule has 1 aliphatic heterocycles. The number of pyridine rings is 1. The van der Waals surface area contributed by atoms with Gasteiger partial charge in [0.1, 0.15) is 5.82 Å². The fourth-order valence-corrected chi connectivity index (χ4v) is 2.97. The first-order valence-electron chi connectivity index (χ1n) is 7.82. The Morgan fingerprint density at radius 3 is 2.61 bits per heavy atom. The third-order valence-electron chi connectivity index (χ3n) is 4.21. The summed E-state index contributed by atoms with van der Waals surface area (Å²) >= 11 is 0. The zero-order valence-corrected chi connectivity index (χ0v) is 13.0. The zero-order valence-electron chi connectivity index (χ0n) is 13.0. The summed E-state index contributed by atoms with van der Waals surface area (Å²) in [7, 11) is 0. The molecular formula is C18H19FN2O2. The Balaban J connectivity index is 1.92. The van der Waals surface area contributed by atoms with Crippen molar-refractivity contribution in [3.8, 4) is 5.69 Å². The molecule has 5 heteroatoms. The van der Waals surface area contributed by atoms with E-state index in [2.05, 4.69) is 6.92 Å². The van der Waals surface area contributed by atoms with Crippen molar-refractivity contribution in [3.63, 3.8) is 0 Å². The lowest BCUT2D eigenvalue weighted by Crippen LogP contribution is -2.39. The molecule has 0 radical (unpaired) electrons. The van der Waals surface area contributed by atoms with Crippen molar-refractivity contribution < 1.29 is 9.18 Å². The molecule has 4 nitrogen and oxygen atoms in total. The van der Waals surface area contributed by atoms with Gasteiger partial charge in [0.15, 0.2) is 0 Å². The van der Waals surface area contributed by atoms with Gasteiger partial charge in [0, 0.05) is 31.0 Å². The van der Waals surface area contributed by atoms with Gasteiger partial charge in [0.2, 0.25) is 0 Å². The first-order chi connectivity index (χ1) is 11.0. The smallest absolute Gasteiger partial charge is 0.255 e. The molecule has 1 unspecified atom stereocenters. The van der Waals surface area contributed by atoms with E-state index in [-0.39, 0.29) is 17.3 Å². The summed E-state index contributed by atoms with van der Waals surface area (Å²) in [5, 5.41) is 0. The van der Waals surface area contributed by atoms with E-state index >= 15 is 0 Å². The Bertz CT molecular complexity index is 767. The summed E-state index contributed by atoms with van der Waals surface area (Å²) in [5.41, 5.74) is 0.765. The lowest BCUT2D eigenvalue weighted by atomic mass is 10.00. The van der Waals surface area contributed by atoms with Crippen molar-refractivity contribution in [2.24, 2.45) is 5.92 Å². The van der Waals surface area contributed by atoms with Gasteiger partial charge in [-0.05, 0) is 49.1 Å². The number of aromatic nitrogens is 1. The van der Waals surface area contributed by atoms with E-state index in [4.69, 9.17) is 0 Å². The molecule has 1 fully saturated rings. The fraction of sp³-hybridized carbons (Fsp3) is 0.333. The molecule has 0 N–H and O–H groups in total. The molecule has 2 heterocycles. The number of rotatable bonds is 2. The topological polar surface area (TPSA) is 42.3 Å². The Labute approximate surface area is 134 Å². The van der Waals surface area contributed by atoms with Crippen LogP contribution in [0.2, 0.25) is 0 Å². The highest BCUT2D eigenvalue weighted by Crippen LogP contribution is 2.18. The highest BCUT2D eigenvalue weighted by molar-refractivity contribution is 5.94. The minimum absolute atomic E-state index is 0.0626. The molecular weight excluding hydrogens is 295 g/mol. The summed E-state index contributed by atoms with van der Waals surface area (Å²) in [4.78, 5) is 26.5. The monoisotopic (exact) mass is 314 g/mol. The Hall–Kier alpha value is -2.43. The van der Waals surface area contributed by atoms with Gasteiger partial charge in [-0.25, -0.2) is 4.39 Å². The number of piperidine rings is 1. The maximum atomic E-state index is 13.0. The van der Waals surface area contributed by atoms with Gasteiger partial charge in [0.25, 0.3) is 11.5 Å². The van der Waals surface area contributed by atoms with E-state index in [0.29, 0.717) is 17.2 Å². The van der Waals surface area contributed by atoms with Crippen LogP contribution >= 0.6 is 0 Å². The van der Waals surface area contributed by atoms with Crippen molar-refractivity contribution in [2.75, 3.05) is 13.1 Å². The first-order valence-corrected chi connectivity index (χ1v) is 7.82. The van der Waals surface area contributed by atoms with Gasteiger partial charge >= 0.3 is 0 Å². The minimum atomic E-state index is -0.365. The van der Waals surface area contributed by atoms with Crippen LogP contribution in [0, 0.1) is 11.7 Å². The Morgan fingerprint density at radius 1 is 1.17 bits per heavy atom. The molecule has 3 rings (SSSR count). The van der Waals surface area contributed by atoms with Crippen LogP contribution in [0.3, 0.4) is 0 Å². The number of amides is 1. The number of carbonyl (C=O) groups is 1. The van der Waals surface area contributed by atoms with Gasteiger partial charge < -0.3 is 4.90 Å². The molecule has 23 heavy (non-hydrogen) atoms. The summed E-state index contributed by atoms with van der Waals surface area (Å²) in [6.07, 6.45) is 3.68. The van der Waals surface area contributed by atoms with Gasteiger partial charge in [-0.1, -0.05) is 6.92 Å². The Morgan fingerprint density at radius 2 is 1.91 bits per heavy atom. The summed E-state index contributed by atoms with van der Waals surface area (Å²) < 4.78 is 14.4. The lowest BCUT2D eigenvalue weighted by molar-refractivity contribution is 0.0682. The summed E-state index contributed by atoms with van der Waals surface area (Å²) in [6, 6.07) is 8.57. The fourth-order valence-electron chi connectivity index (χ4n) is 2.97. The average molecular weight is 314 g/mol. The number of carbonyl (C=O) groups excluding carboxylic acids is 1. The second-order valence-corrected chi connectivity index (χ2v) is 6.10. The van der Waals surface area contributed by atoms with E-state index in [9.17, 15) is 14.0 Å². The van der Waals surface area contributed by atoms with Crippen molar-refractivity contribution in [2.45, 2.75) is 19.8 Å². The predicted octanol–water partition coefficient (Wildman–Crippen LogP) is 2.85. The van der Waals surface area contributed by atoms with Crippen molar-refractivity contribution in [1.29, 1.82) is 0 Å². The van der Waals surface area contributed by atoms with Crippen LogP contribution in [0.4, 0.5) is 4.39 Å². The van der Waals surface area contributed by atoms with Crippen LogP contribution < -0.4 is 5.56 Å². The number of halogens is 1. The van der Waals surface area contributed by atoms with Gasteiger partial charge in [-0.15, -0.1) is 0 Å². The first kappa shape index (κ1) is 15.5. The maximum Gasteiger partial charge on any atom is 0.255 e. The standard InChI is InChI=1S/C18H19FN2O2/c1-13-3-2-10-20(11-13)18(23)14-4-9-17(22)21(12-14)16-7-5-15(19)6-8-16/h4-9,12-13H,2-3,10-11H2,1H3. The highest BCUT2D eigenvalue weighted by Gasteiger charge is 2.22. The molecule has 2 aromatic rings. The summed E-state index contributed by atoms with van der Waals surface area (Å²) in [6.45, 7) is 3.63. The number of benzene rings is 1. The second-order valence-electron chi connectivity index (χ2n) is 6.10. The van der Waals surface area contributed by atoms with E-state index in [1.165, 1.54) is 41.1 Å². The minimum Gasteiger partial charge on any atom is -0.338 e. The van der Waals surface area contributed by atoms with Gasteiger partial charge in [-0.3, -0.25) is 14.2 Å². The maximum absolute atomic E-state index is 13.0. The van der Waals surface area contributed by atoms with E-state index in [1.54, 1.807) is 6.07 Å². The zero-order chi connectivity index (χ0) is 16.4. The average Bonchev–Trinajstić information content (AvgIpc) is 2.55. The molecule has 1 aromatic carbocycles. The van der Waals surface area contributed by atoms with Crippen LogP contribution in [-0.4, -0.2) is 28.5 Å². The van der Waals surface area contributed by atoms with E-state index < -0.39 is 0 Å². The number of hydrogen-bond acceptors (Lipinski definition) is 2. The third kappa shape index (κ3) is 3.33. The van der Waals surface area contributed by atoms with E-state index in [1.807, 2.05) is 4.90 Å². The van der Waals surface area contributed by atoms with Crippen molar-refractivity contribution in [1.82, 2.24) is 9.47 Å². The predicted molar refractivity (Wildman–Crippen MR) is 86.3 cm³/mol. The molecule has 0 bridgehead atoms. The number of nitrogens with zero attached hydrogens (tertiary/aromatic N) is 2. The molecule has 0 saturated carbocycles. The lowest BCUT2D eigenvalue weighted by Gasteiger charge is -2.31. The van der Waals surface area contributed by atoms with Crippen LogP contribution in [0.5, 0.6) is 0 Å². The van der Waals surface area contributed by atoms with Crippen molar-refractivity contribution >= 4 is 5.91 Å². The second kappa shape index (κ2) is 6.36. The quantitative estimate of drug-likeness (QED) is 0.855. The van der Waals surface area contributed by atoms with Crippen molar-refractivity contribution in [3.05, 3.63) is 64.3 Å². The van der Waals surface area contributed by atoms with Crippen LogP contribution in [0.15, 0.2) is 47.4 Å². The molecule has 1 amide bonds. The Kier molecular flexibility index (Phi) is 4.28. The van der Waals surface area contributed by atoms with E-state index in [0.717, 1.165) is 25.9 Å². The normalized spacial score (nSPS) is 18.0. The molecule has 120 valence electrons. The molecule has 0 aliphatic carbocycles. The summed E-state index contributed by atoms with van der Waals surface area (Å²) in [5.74, 6) is 0.0689.